The second-order valence-electron chi connectivity index (χ2n) is 4.68. The van der Waals surface area contributed by atoms with Crippen molar-refractivity contribution in [3.8, 4) is 0 Å². The number of amides is 2. The van der Waals surface area contributed by atoms with Gasteiger partial charge in [0.15, 0.2) is 0 Å². The van der Waals surface area contributed by atoms with E-state index in [0.717, 1.165) is 25.1 Å². The zero-order chi connectivity index (χ0) is 13.4. The number of hydrogen-bond acceptors (Lipinski definition) is 3. The van der Waals surface area contributed by atoms with Crippen molar-refractivity contribution in [2.75, 3.05) is 19.6 Å². The summed E-state index contributed by atoms with van der Waals surface area (Å²) in [4.78, 5) is 25.6. The molecule has 4 nitrogen and oxygen atoms in total. The van der Waals surface area contributed by atoms with Gasteiger partial charge in [-0.15, -0.1) is 0 Å². The number of benzene rings is 1. The van der Waals surface area contributed by atoms with Gasteiger partial charge in [0.05, 0.1) is 17.7 Å². The van der Waals surface area contributed by atoms with Gasteiger partial charge in [-0.2, -0.15) is 0 Å². The molecule has 0 radical (unpaired) electrons. The predicted octanol–water partition coefficient (Wildman–Crippen LogP) is 1.77. The fourth-order valence-electron chi connectivity index (χ4n) is 2.43. The third-order valence-electron chi connectivity index (χ3n) is 3.50. The van der Waals surface area contributed by atoms with Gasteiger partial charge in [-0.05, 0) is 30.7 Å². The van der Waals surface area contributed by atoms with Crippen LogP contribution in [0.15, 0.2) is 34.9 Å². The first-order chi connectivity index (χ1) is 9.18. The van der Waals surface area contributed by atoms with Crippen LogP contribution in [-0.4, -0.2) is 36.3 Å². The molecule has 0 spiro atoms. The fourth-order valence-corrected chi connectivity index (χ4v) is 2.71. The Kier molecular flexibility index (Phi) is 3.12. The maximum atomic E-state index is 12.2. The molecule has 0 atom stereocenters. The summed E-state index contributed by atoms with van der Waals surface area (Å²) in [7, 11) is 0. The highest BCUT2D eigenvalue weighted by molar-refractivity contribution is 6.31. The average molecular weight is 277 g/mol. The Hall–Kier alpha value is -1.65. The van der Waals surface area contributed by atoms with Crippen molar-refractivity contribution in [2.24, 2.45) is 0 Å². The molecule has 0 unspecified atom stereocenters. The van der Waals surface area contributed by atoms with Crippen LogP contribution in [0.1, 0.15) is 27.1 Å². The fraction of sp³-hybridized carbons (Fsp3) is 0.286. The second-order valence-corrected chi connectivity index (χ2v) is 5.13. The van der Waals surface area contributed by atoms with Crippen molar-refractivity contribution >= 4 is 23.4 Å². The van der Waals surface area contributed by atoms with E-state index in [1.165, 1.54) is 4.90 Å². The molecule has 2 heterocycles. The van der Waals surface area contributed by atoms with Gasteiger partial charge in [0.2, 0.25) is 0 Å². The van der Waals surface area contributed by atoms with E-state index in [-0.39, 0.29) is 18.4 Å². The SMILES string of the molecule is O=C1c2ccccc2C(=O)N1C/C(Cl)=C1\CCNC1. The summed E-state index contributed by atoms with van der Waals surface area (Å²) in [6.45, 7) is 1.81. The Morgan fingerprint density at radius 2 is 1.84 bits per heavy atom. The molecule has 3 rings (SSSR count). The highest BCUT2D eigenvalue weighted by Crippen LogP contribution is 2.25. The van der Waals surface area contributed by atoms with Crippen LogP contribution in [0, 0.1) is 0 Å². The first-order valence-corrected chi connectivity index (χ1v) is 6.58. The minimum atomic E-state index is -0.259. The number of imide groups is 1. The molecule has 0 saturated carbocycles. The first-order valence-electron chi connectivity index (χ1n) is 6.21. The van der Waals surface area contributed by atoms with Crippen LogP contribution in [0.25, 0.3) is 0 Å². The highest BCUT2D eigenvalue weighted by atomic mass is 35.5. The molecule has 2 amide bonds. The van der Waals surface area contributed by atoms with E-state index in [0.29, 0.717) is 16.2 Å². The number of nitrogens with one attached hydrogen (secondary N) is 1. The lowest BCUT2D eigenvalue weighted by Gasteiger charge is -2.14. The third-order valence-corrected chi connectivity index (χ3v) is 3.89. The van der Waals surface area contributed by atoms with Crippen LogP contribution in [0.2, 0.25) is 0 Å². The summed E-state index contributed by atoms with van der Waals surface area (Å²) in [5, 5.41) is 3.78. The van der Waals surface area contributed by atoms with Crippen LogP contribution in [-0.2, 0) is 0 Å². The van der Waals surface area contributed by atoms with Crippen molar-refractivity contribution < 1.29 is 9.59 Å². The normalized spacial score (nSPS) is 21.0. The van der Waals surface area contributed by atoms with Crippen LogP contribution in [0.4, 0.5) is 0 Å². The highest BCUT2D eigenvalue weighted by Gasteiger charge is 2.35. The lowest BCUT2D eigenvalue weighted by molar-refractivity contribution is 0.0670. The summed E-state index contributed by atoms with van der Waals surface area (Å²) < 4.78 is 0. The van der Waals surface area contributed by atoms with E-state index < -0.39 is 0 Å². The number of halogens is 1. The molecule has 19 heavy (non-hydrogen) atoms. The van der Waals surface area contributed by atoms with Gasteiger partial charge in [0.25, 0.3) is 11.8 Å². The van der Waals surface area contributed by atoms with E-state index in [2.05, 4.69) is 5.32 Å². The molecule has 1 fully saturated rings. The molecule has 1 aromatic carbocycles. The minimum absolute atomic E-state index is 0.172. The number of fused-ring (bicyclic) bond motifs is 1. The van der Waals surface area contributed by atoms with E-state index in [1.54, 1.807) is 24.3 Å². The molecule has 0 bridgehead atoms. The summed E-state index contributed by atoms with van der Waals surface area (Å²) in [6, 6.07) is 6.87. The summed E-state index contributed by atoms with van der Waals surface area (Å²) in [5.41, 5.74) is 2.01. The van der Waals surface area contributed by atoms with Gasteiger partial charge in [-0.25, -0.2) is 0 Å². The summed E-state index contributed by atoms with van der Waals surface area (Å²) in [5.74, 6) is -0.518. The smallest absolute Gasteiger partial charge is 0.261 e. The topological polar surface area (TPSA) is 49.4 Å². The van der Waals surface area contributed by atoms with Gasteiger partial charge in [-0.3, -0.25) is 14.5 Å². The maximum Gasteiger partial charge on any atom is 0.261 e. The van der Waals surface area contributed by atoms with Crippen molar-refractivity contribution in [2.45, 2.75) is 6.42 Å². The number of carbonyl (C=O) groups is 2. The number of nitrogens with zero attached hydrogens (tertiary/aromatic N) is 1. The van der Waals surface area contributed by atoms with E-state index in [4.69, 9.17) is 11.6 Å². The zero-order valence-corrected chi connectivity index (χ0v) is 11.0. The average Bonchev–Trinajstić information content (AvgIpc) is 3.03. The molecule has 2 aliphatic rings. The molecule has 2 aliphatic heterocycles. The number of rotatable bonds is 2. The van der Waals surface area contributed by atoms with Gasteiger partial charge in [0, 0.05) is 11.6 Å². The van der Waals surface area contributed by atoms with Crippen molar-refractivity contribution in [3.63, 3.8) is 0 Å². The lowest BCUT2D eigenvalue weighted by atomic mass is 10.1. The van der Waals surface area contributed by atoms with E-state index in [1.807, 2.05) is 0 Å². The Balaban J connectivity index is 1.86. The summed E-state index contributed by atoms with van der Waals surface area (Å²) in [6.07, 6.45) is 0.877. The first kappa shape index (κ1) is 12.4. The number of hydrogen-bond donors (Lipinski definition) is 1. The van der Waals surface area contributed by atoms with Crippen LogP contribution in [0.3, 0.4) is 0 Å². The monoisotopic (exact) mass is 276 g/mol. The van der Waals surface area contributed by atoms with Crippen molar-refractivity contribution in [1.29, 1.82) is 0 Å². The standard InChI is InChI=1S/C14H13ClN2O2/c15-12(9-5-6-16-7-9)8-17-13(18)10-3-1-2-4-11(10)14(17)19/h1-4,16H,5-8H2/b12-9-. The molecule has 1 N–H and O–H groups in total. The molecule has 0 aliphatic carbocycles. The van der Waals surface area contributed by atoms with Gasteiger partial charge >= 0.3 is 0 Å². The van der Waals surface area contributed by atoms with Crippen LogP contribution >= 0.6 is 11.6 Å². The Labute approximate surface area is 116 Å². The summed E-state index contributed by atoms with van der Waals surface area (Å²) >= 11 is 6.23. The van der Waals surface area contributed by atoms with E-state index in [9.17, 15) is 9.59 Å². The molecule has 98 valence electrons. The largest absolute Gasteiger partial charge is 0.313 e. The lowest BCUT2D eigenvalue weighted by Crippen LogP contribution is -2.31. The molecule has 5 heteroatoms. The quantitative estimate of drug-likeness (QED) is 0.838. The maximum absolute atomic E-state index is 12.2. The molecule has 1 saturated heterocycles. The van der Waals surface area contributed by atoms with Gasteiger partial charge < -0.3 is 5.32 Å². The molecular weight excluding hydrogens is 264 g/mol. The number of carbonyl (C=O) groups excluding carboxylic acids is 2. The Bertz CT molecular complexity index is 552. The molecular formula is C14H13ClN2O2. The zero-order valence-electron chi connectivity index (χ0n) is 10.3. The second kappa shape index (κ2) is 4.79. The minimum Gasteiger partial charge on any atom is -0.313 e. The Morgan fingerprint density at radius 1 is 1.21 bits per heavy atom. The van der Waals surface area contributed by atoms with Crippen LogP contribution < -0.4 is 5.32 Å². The molecule has 0 aromatic heterocycles. The van der Waals surface area contributed by atoms with Crippen LogP contribution in [0.5, 0.6) is 0 Å². The Morgan fingerprint density at radius 3 is 2.37 bits per heavy atom. The molecule has 1 aromatic rings. The van der Waals surface area contributed by atoms with E-state index >= 15 is 0 Å². The van der Waals surface area contributed by atoms with Crippen molar-refractivity contribution in [1.82, 2.24) is 10.2 Å². The van der Waals surface area contributed by atoms with Gasteiger partial charge in [0.1, 0.15) is 0 Å². The van der Waals surface area contributed by atoms with Gasteiger partial charge in [-0.1, -0.05) is 23.7 Å². The predicted molar refractivity (Wildman–Crippen MR) is 72.2 cm³/mol. The van der Waals surface area contributed by atoms with Crippen molar-refractivity contribution in [3.05, 3.63) is 46.0 Å². The third kappa shape index (κ3) is 2.07.